The van der Waals surface area contributed by atoms with Crippen molar-refractivity contribution in [2.45, 2.75) is 44.8 Å². The van der Waals surface area contributed by atoms with Crippen molar-refractivity contribution in [1.29, 1.82) is 0 Å². The summed E-state index contributed by atoms with van der Waals surface area (Å²) < 4.78 is 7.29. The highest BCUT2D eigenvalue weighted by atomic mass is 35.5. The predicted octanol–water partition coefficient (Wildman–Crippen LogP) is 7.12. The van der Waals surface area contributed by atoms with E-state index >= 15 is 0 Å². The fourth-order valence-corrected chi connectivity index (χ4v) is 5.36. The normalized spacial score (nSPS) is 14.0. The van der Waals surface area contributed by atoms with Crippen LogP contribution in [0.2, 0.25) is 10.0 Å². The van der Waals surface area contributed by atoms with Gasteiger partial charge in [-0.3, -0.25) is 9.78 Å². The van der Waals surface area contributed by atoms with Crippen LogP contribution < -0.4 is 5.32 Å². The fourth-order valence-electron chi connectivity index (χ4n) is 4.87. The molecule has 6 nitrogen and oxygen atoms in total. The zero-order valence-corrected chi connectivity index (χ0v) is 22.1. The van der Waals surface area contributed by atoms with Crippen molar-refractivity contribution in [2.75, 3.05) is 7.11 Å². The summed E-state index contributed by atoms with van der Waals surface area (Å²) in [7, 11) is 1.61. The van der Waals surface area contributed by atoms with Gasteiger partial charge in [-0.15, -0.1) is 0 Å². The number of amides is 1. The second-order valence-electron chi connectivity index (χ2n) is 9.22. The van der Waals surface area contributed by atoms with Crippen LogP contribution in [0.5, 0.6) is 0 Å². The van der Waals surface area contributed by atoms with Crippen LogP contribution in [0.3, 0.4) is 0 Å². The van der Waals surface area contributed by atoms with Gasteiger partial charge in [0.15, 0.2) is 5.69 Å². The Labute approximate surface area is 226 Å². The molecule has 0 spiro atoms. The molecule has 0 aliphatic heterocycles. The number of halogens is 2. The third-order valence-electron chi connectivity index (χ3n) is 6.68. The smallest absolute Gasteiger partial charge is 0.272 e. The highest BCUT2D eigenvalue weighted by molar-refractivity contribution is 6.35. The van der Waals surface area contributed by atoms with E-state index < -0.39 is 0 Å². The number of carbonyl (C=O) groups is 1. The van der Waals surface area contributed by atoms with E-state index in [0.717, 1.165) is 48.2 Å². The molecule has 0 radical (unpaired) electrons. The van der Waals surface area contributed by atoms with Gasteiger partial charge in [0, 0.05) is 41.1 Å². The van der Waals surface area contributed by atoms with Crippen LogP contribution in [0.1, 0.15) is 48.2 Å². The molecular weight excluding hydrogens is 507 g/mol. The topological polar surface area (TPSA) is 69.0 Å². The minimum absolute atomic E-state index is 0.155. The lowest BCUT2D eigenvalue weighted by Crippen LogP contribution is -2.36. The quantitative estimate of drug-likeness (QED) is 0.274. The van der Waals surface area contributed by atoms with Gasteiger partial charge in [0.05, 0.1) is 28.7 Å². The van der Waals surface area contributed by atoms with Crippen LogP contribution in [0.25, 0.3) is 28.2 Å². The molecule has 0 bridgehead atoms. The number of hydrogen-bond donors (Lipinski definition) is 1. The summed E-state index contributed by atoms with van der Waals surface area (Å²) in [6.07, 6.45) is 7.20. The number of nitrogens with one attached hydrogen (secondary N) is 1. The molecule has 37 heavy (non-hydrogen) atoms. The third kappa shape index (κ3) is 5.57. The summed E-state index contributed by atoms with van der Waals surface area (Å²) in [5.41, 5.74) is 5.16. The van der Waals surface area contributed by atoms with Crippen LogP contribution in [0.15, 0.2) is 66.9 Å². The van der Waals surface area contributed by atoms with Crippen LogP contribution in [-0.4, -0.2) is 33.8 Å². The number of pyridine rings is 1. The first-order chi connectivity index (χ1) is 18.0. The van der Waals surface area contributed by atoms with Crippen molar-refractivity contribution in [2.24, 2.45) is 0 Å². The molecule has 8 heteroatoms. The highest BCUT2D eigenvalue weighted by Crippen LogP contribution is 2.34. The lowest BCUT2D eigenvalue weighted by Gasteiger charge is -2.22. The van der Waals surface area contributed by atoms with Crippen molar-refractivity contribution < 1.29 is 9.53 Å². The van der Waals surface area contributed by atoms with Gasteiger partial charge in [-0.2, -0.15) is 5.10 Å². The van der Waals surface area contributed by atoms with Gasteiger partial charge in [0.2, 0.25) is 0 Å². The molecule has 1 aliphatic rings. The maximum atomic E-state index is 13.5. The van der Waals surface area contributed by atoms with Crippen molar-refractivity contribution >= 4 is 29.1 Å². The van der Waals surface area contributed by atoms with E-state index in [0.29, 0.717) is 27.0 Å². The van der Waals surface area contributed by atoms with Crippen molar-refractivity contribution in [3.05, 3.63) is 88.2 Å². The van der Waals surface area contributed by atoms with Crippen LogP contribution in [-0.2, 0) is 11.3 Å². The molecule has 1 saturated carbocycles. The van der Waals surface area contributed by atoms with Gasteiger partial charge in [-0.25, -0.2) is 4.68 Å². The van der Waals surface area contributed by atoms with Crippen LogP contribution >= 0.6 is 23.2 Å². The number of carbonyl (C=O) groups excluding carboxylic acids is 1. The largest absolute Gasteiger partial charge is 0.380 e. The van der Waals surface area contributed by atoms with Gasteiger partial charge in [0.1, 0.15) is 0 Å². The molecule has 2 heterocycles. The minimum atomic E-state index is -0.200. The Morgan fingerprint density at radius 3 is 2.46 bits per heavy atom. The van der Waals surface area contributed by atoms with E-state index in [9.17, 15) is 4.79 Å². The third-order valence-corrected chi connectivity index (χ3v) is 7.22. The van der Waals surface area contributed by atoms with E-state index in [2.05, 4.69) is 10.3 Å². The molecule has 1 amide bonds. The summed E-state index contributed by atoms with van der Waals surface area (Å²) in [6, 6.07) is 19.2. The molecule has 5 rings (SSSR count). The number of methoxy groups -OCH3 is 1. The second-order valence-corrected chi connectivity index (χ2v) is 10.1. The van der Waals surface area contributed by atoms with E-state index in [1.807, 2.05) is 48.5 Å². The fraction of sp³-hybridized carbons (Fsp3) is 0.276. The summed E-state index contributed by atoms with van der Waals surface area (Å²) in [6.45, 7) is 0.218. The molecule has 190 valence electrons. The first-order valence-electron chi connectivity index (χ1n) is 12.4. The van der Waals surface area contributed by atoms with E-state index in [-0.39, 0.29) is 18.6 Å². The zero-order valence-electron chi connectivity index (χ0n) is 20.6. The lowest BCUT2D eigenvalue weighted by atomic mass is 9.95. The maximum Gasteiger partial charge on any atom is 0.272 e. The Morgan fingerprint density at radius 2 is 1.78 bits per heavy atom. The Morgan fingerprint density at radius 1 is 1.03 bits per heavy atom. The Balaban J connectivity index is 1.62. The number of rotatable bonds is 7. The minimum Gasteiger partial charge on any atom is -0.380 e. The number of ether oxygens (including phenoxy) is 1. The average molecular weight is 535 g/mol. The average Bonchev–Trinajstić information content (AvgIpc) is 3.29. The number of hydrogen-bond acceptors (Lipinski definition) is 4. The SMILES string of the molecule is COCc1c(C(=O)NC2CCCCC2)nn(-c2ccc(Cl)cc2Cl)c1-c1ccc(-c2ccccn2)cc1. The van der Waals surface area contributed by atoms with Crippen LogP contribution in [0, 0.1) is 0 Å². The van der Waals surface area contributed by atoms with Gasteiger partial charge in [-0.1, -0.05) is 72.8 Å². The Hall–Kier alpha value is -3.19. The molecular formula is C29H28Cl2N4O2. The highest BCUT2D eigenvalue weighted by Gasteiger charge is 2.27. The van der Waals surface area contributed by atoms with Gasteiger partial charge in [-0.05, 0) is 43.2 Å². The van der Waals surface area contributed by atoms with E-state index in [4.69, 9.17) is 33.0 Å². The standard InChI is InChI=1S/C29H28Cl2N4O2/c1-37-18-23-27(29(36)33-22-7-3-2-4-8-22)34-35(26-15-14-21(30)17-24(26)31)28(23)20-12-10-19(11-13-20)25-9-5-6-16-32-25/h5-6,9-17,22H,2-4,7-8,18H2,1H3,(H,33,36). The summed E-state index contributed by atoms with van der Waals surface area (Å²) >= 11 is 12.8. The molecule has 0 unspecified atom stereocenters. The van der Waals surface area contributed by atoms with Gasteiger partial charge < -0.3 is 10.1 Å². The number of aromatic nitrogens is 3. The molecule has 0 saturated heterocycles. The van der Waals surface area contributed by atoms with Crippen molar-refractivity contribution in [3.8, 4) is 28.2 Å². The second kappa shape index (κ2) is 11.5. The lowest BCUT2D eigenvalue weighted by molar-refractivity contribution is 0.0917. The first kappa shape index (κ1) is 25.5. The Kier molecular flexibility index (Phi) is 7.89. The molecule has 0 atom stereocenters. The molecule has 2 aromatic carbocycles. The zero-order chi connectivity index (χ0) is 25.8. The summed E-state index contributed by atoms with van der Waals surface area (Å²) in [4.78, 5) is 18.0. The van der Waals surface area contributed by atoms with Crippen molar-refractivity contribution in [1.82, 2.24) is 20.1 Å². The Bertz CT molecular complexity index is 1380. The molecule has 1 fully saturated rings. The molecule has 1 aliphatic carbocycles. The predicted molar refractivity (Wildman–Crippen MR) is 147 cm³/mol. The monoisotopic (exact) mass is 534 g/mol. The first-order valence-corrected chi connectivity index (χ1v) is 13.2. The maximum absolute atomic E-state index is 13.5. The van der Waals surface area contributed by atoms with Gasteiger partial charge in [0.25, 0.3) is 5.91 Å². The molecule has 1 N–H and O–H groups in total. The number of nitrogens with zero attached hydrogens (tertiary/aromatic N) is 3. The van der Waals surface area contributed by atoms with E-state index in [1.54, 1.807) is 30.1 Å². The molecule has 2 aromatic heterocycles. The summed E-state index contributed by atoms with van der Waals surface area (Å²) in [5.74, 6) is -0.200. The number of benzene rings is 2. The van der Waals surface area contributed by atoms with E-state index in [1.165, 1.54) is 6.42 Å². The molecule has 4 aromatic rings. The van der Waals surface area contributed by atoms with Gasteiger partial charge >= 0.3 is 0 Å². The van der Waals surface area contributed by atoms with Crippen LogP contribution in [0.4, 0.5) is 0 Å². The van der Waals surface area contributed by atoms with Crippen molar-refractivity contribution in [3.63, 3.8) is 0 Å². The summed E-state index contributed by atoms with van der Waals surface area (Å²) in [5, 5.41) is 8.95.